The van der Waals surface area contributed by atoms with Gasteiger partial charge in [-0.15, -0.1) is 0 Å². The van der Waals surface area contributed by atoms with Gasteiger partial charge < -0.3 is 14.2 Å². The van der Waals surface area contributed by atoms with Crippen LogP contribution in [0.3, 0.4) is 0 Å². The predicted octanol–water partition coefficient (Wildman–Crippen LogP) is 1.68. The van der Waals surface area contributed by atoms with Crippen molar-refractivity contribution in [2.75, 3.05) is 20.3 Å². The summed E-state index contributed by atoms with van der Waals surface area (Å²) in [6, 6.07) is 3.66. The van der Waals surface area contributed by atoms with Gasteiger partial charge in [0.05, 0.1) is 38.2 Å². The Labute approximate surface area is 116 Å². The molecule has 0 N–H and O–H groups in total. The number of ether oxygens (including phenoxy) is 3. The normalized spacial score (nSPS) is 16.2. The standard InChI is InChI=1S/C14H16N2O4/c1-18-14(17)12-8-15-16-9-11(2-3-13(12)16)20-10-4-6-19-7-5-10/h2-3,8-10H,4-7H2,1H3. The molecule has 2 aromatic rings. The van der Waals surface area contributed by atoms with Crippen molar-refractivity contribution in [3.63, 3.8) is 0 Å². The second kappa shape index (κ2) is 5.50. The first-order chi connectivity index (χ1) is 9.78. The van der Waals surface area contributed by atoms with Crippen LogP contribution in [-0.2, 0) is 9.47 Å². The van der Waals surface area contributed by atoms with Gasteiger partial charge in [0.25, 0.3) is 0 Å². The van der Waals surface area contributed by atoms with Gasteiger partial charge in [0.2, 0.25) is 0 Å². The lowest BCUT2D eigenvalue weighted by atomic mass is 10.1. The Morgan fingerprint density at radius 3 is 2.95 bits per heavy atom. The maximum Gasteiger partial charge on any atom is 0.341 e. The predicted molar refractivity (Wildman–Crippen MR) is 71.0 cm³/mol. The third kappa shape index (κ3) is 2.46. The van der Waals surface area contributed by atoms with Gasteiger partial charge in [-0.1, -0.05) is 0 Å². The maximum atomic E-state index is 11.6. The number of fused-ring (bicyclic) bond motifs is 1. The monoisotopic (exact) mass is 276 g/mol. The summed E-state index contributed by atoms with van der Waals surface area (Å²) in [6.07, 6.45) is 5.24. The van der Waals surface area contributed by atoms with Gasteiger partial charge in [-0.25, -0.2) is 9.31 Å². The average molecular weight is 276 g/mol. The quantitative estimate of drug-likeness (QED) is 0.798. The number of hydrogen-bond donors (Lipinski definition) is 0. The lowest BCUT2D eigenvalue weighted by Crippen LogP contribution is -2.25. The van der Waals surface area contributed by atoms with Gasteiger partial charge in [-0.05, 0) is 12.1 Å². The molecule has 3 rings (SSSR count). The summed E-state index contributed by atoms with van der Waals surface area (Å²) in [4.78, 5) is 11.6. The van der Waals surface area contributed by atoms with Gasteiger partial charge in [0.1, 0.15) is 17.4 Å². The van der Waals surface area contributed by atoms with Crippen molar-refractivity contribution in [2.24, 2.45) is 0 Å². The van der Waals surface area contributed by atoms with Crippen LogP contribution in [0, 0.1) is 0 Å². The molecule has 0 saturated carbocycles. The highest BCUT2D eigenvalue weighted by atomic mass is 16.5. The molecule has 1 aliphatic rings. The number of methoxy groups -OCH3 is 1. The van der Waals surface area contributed by atoms with Crippen molar-refractivity contribution in [1.29, 1.82) is 0 Å². The first kappa shape index (κ1) is 12.9. The molecule has 0 atom stereocenters. The van der Waals surface area contributed by atoms with E-state index in [2.05, 4.69) is 5.10 Å². The fourth-order valence-corrected chi connectivity index (χ4v) is 2.29. The van der Waals surface area contributed by atoms with Crippen LogP contribution in [0.4, 0.5) is 0 Å². The molecule has 0 aromatic carbocycles. The molecular weight excluding hydrogens is 260 g/mol. The Kier molecular flexibility index (Phi) is 3.56. The first-order valence-corrected chi connectivity index (χ1v) is 6.58. The fourth-order valence-electron chi connectivity index (χ4n) is 2.29. The minimum atomic E-state index is -0.391. The molecule has 0 aliphatic carbocycles. The van der Waals surface area contributed by atoms with Crippen molar-refractivity contribution < 1.29 is 19.0 Å². The summed E-state index contributed by atoms with van der Waals surface area (Å²) in [5.74, 6) is 0.349. The van der Waals surface area contributed by atoms with Crippen LogP contribution in [0.2, 0.25) is 0 Å². The summed E-state index contributed by atoms with van der Waals surface area (Å²) >= 11 is 0. The number of rotatable bonds is 3. The number of esters is 1. The fraction of sp³-hybridized carbons (Fsp3) is 0.429. The van der Waals surface area contributed by atoms with E-state index in [1.54, 1.807) is 10.7 Å². The van der Waals surface area contributed by atoms with E-state index in [9.17, 15) is 4.79 Å². The van der Waals surface area contributed by atoms with E-state index < -0.39 is 5.97 Å². The van der Waals surface area contributed by atoms with E-state index in [4.69, 9.17) is 14.2 Å². The van der Waals surface area contributed by atoms with Crippen LogP contribution < -0.4 is 4.74 Å². The van der Waals surface area contributed by atoms with Gasteiger partial charge >= 0.3 is 5.97 Å². The van der Waals surface area contributed by atoms with Gasteiger partial charge in [-0.3, -0.25) is 0 Å². The Bertz CT molecular complexity index is 617. The molecule has 3 heterocycles. The molecular formula is C14H16N2O4. The SMILES string of the molecule is COC(=O)c1cnn2cc(OC3CCOCC3)ccc12. The van der Waals surface area contributed by atoms with E-state index >= 15 is 0 Å². The summed E-state index contributed by atoms with van der Waals surface area (Å²) in [7, 11) is 1.36. The third-order valence-electron chi connectivity index (χ3n) is 3.37. The summed E-state index contributed by atoms with van der Waals surface area (Å²) < 4.78 is 17.5. The van der Waals surface area contributed by atoms with Crippen molar-refractivity contribution in [2.45, 2.75) is 18.9 Å². The van der Waals surface area contributed by atoms with Crippen LogP contribution in [-0.4, -0.2) is 42.0 Å². The third-order valence-corrected chi connectivity index (χ3v) is 3.37. The zero-order valence-electron chi connectivity index (χ0n) is 11.2. The van der Waals surface area contributed by atoms with Crippen LogP contribution in [0.1, 0.15) is 23.2 Å². The molecule has 0 amide bonds. The summed E-state index contributed by atoms with van der Waals surface area (Å²) in [5, 5.41) is 4.15. The number of nitrogens with zero attached hydrogens (tertiary/aromatic N) is 2. The summed E-state index contributed by atoms with van der Waals surface area (Å²) in [5.41, 5.74) is 1.15. The van der Waals surface area contributed by atoms with E-state index in [-0.39, 0.29) is 6.10 Å². The molecule has 0 spiro atoms. The topological polar surface area (TPSA) is 62.1 Å². The smallest absolute Gasteiger partial charge is 0.341 e. The minimum absolute atomic E-state index is 0.178. The van der Waals surface area contributed by atoms with Crippen LogP contribution in [0.25, 0.3) is 5.52 Å². The molecule has 1 saturated heterocycles. The first-order valence-electron chi connectivity index (χ1n) is 6.58. The minimum Gasteiger partial charge on any atom is -0.489 e. The van der Waals surface area contributed by atoms with Crippen LogP contribution >= 0.6 is 0 Å². The van der Waals surface area contributed by atoms with E-state index in [1.807, 2.05) is 12.1 Å². The van der Waals surface area contributed by atoms with Crippen molar-refractivity contribution in [1.82, 2.24) is 9.61 Å². The van der Waals surface area contributed by atoms with E-state index in [1.165, 1.54) is 13.3 Å². The molecule has 6 nitrogen and oxygen atoms in total. The molecule has 2 aromatic heterocycles. The lowest BCUT2D eigenvalue weighted by Gasteiger charge is -2.23. The maximum absolute atomic E-state index is 11.6. The number of carbonyl (C=O) groups is 1. The molecule has 6 heteroatoms. The van der Waals surface area contributed by atoms with Crippen molar-refractivity contribution in [3.05, 3.63) is 30.1 Å². The molecule has 1 fully saturated rings. The highest BCUT2D eigenvalue weighted by Gasteiger charge is 2.17. The number of carbonyl (C=O) groups excluding carboxylic acids is 1. The van der Waals surface area contributed by atoms with Crippen molar-refractivity contribution >= 4 is 11.5 Å². The Balaban J connectivity index is 1.82. The zero-order valence-corrected chi connectivity index (χ0v) is 11.2. The Morgan fingerprint density at radius 1 is 1.40 bits per heavy atom. The zero-order chi connectivity index (χ0) is 13.9. The van der Waals surface area contributed by atoms with Gasteiger partial charge in [0, 0.05) is 12.8 Å². The second-order valence-corrected chi connectivity index (χ2v) is 4.67. The van der Waals surface area contributed by atoms with Gasteiger partial charge in [-0.2, -0.15) is 5.10 Å². The average Bonchev–Trinajstić information content (AvgIpc) is 2.90. The van der Waals surface area contributed by atoms with Gasteiger partial charge in [0.15, 0.2) is 0 Å². The molecule has 20 heavy (non-hydrogen) atoms. The highest BCUT2D eigenvalue weighted by molar-refractivity contribution is 5.96. The molecule has 0 unspecified atom stereocenters. The van der Waals surface area contributed by atoms with E-state index in [0.717, 1.165) is 31.8 Å². The summed E-state index contributed by atoms with van der Waals surface area (Å²) in [6.45, 7) is 1.47. The van der Waals surface area contributed by atoms with Crippen LogP contribution in [0.5, 0.6) is 5.75 Å². The Morgan fingerprint density at radius 2 is 2.20 bits per heavy atom. The largest absolute Gasteiger partial charge is 0.489 e. The van der Waals surface area contributed by atoms with E-state index in [0.29, 0.717) is 11.1 Å². The molecule has 0 bridgehead atoms. The lowest BCUT2D eigenvalue weighted by molar-refractivity contribution is 0.0253. The number of hydrogen-bond acceptors (Lipinski definition) is 5. The van der Waals surface area contributed by atoms with Crippen molar-refractivity contribution in [3.8, 4) is 5.75 Å². The highest BCUT2D eigenvalue weighted by Crippen LogP contribution is 2.20. The molecule has 0 radical (unpaired) electrons. The second-order valence-electron chi connectivity index (χ2n) is 4.67. The molecule has 1 aliphatic heterocycles. The number of aromatic nitrogens is 2. The molecule has 106 valence electrons. The number of pyridine rings is 1. The van der Waals surface area contributed by atoms with Crippen LogP contribution in [0.15, 0.2) is 24.5 Å². The Hall–Kier alpha value is -2.08.